The van der Waals surface area contributed by atoms with Crippen molar-refractivity contribution in [2.45, 2.75) is 51.7 Å². The molecule has 100 valence electrons. The normalized spacial score (nSPS) is 39.6. The van der Waals surface area contributed by atoms with Crippen LogP contribution in [0.4, 0.5) is 0 Å². The smallest absolute Gasteiger partial charge is 0.145 e. The van der Waals surface area contributed by atoms with Gasteiger partial charge in [-0.3, -0.25) is 4.79 Å². The molecule has 3 nitrogen and oxygen atoms in total. The molecule has 0 bridgehead atoms. The van der Waals surface area contributed by atoms with Crippen molar-refractivity contribution in [1.29, 1.82) is 0 Å². The average Bonchev–Trinajstić information content (AvgIpc) is 2.34. The second-order valence-corrected chi connectivity index (χ2v) is 6.31. The van der Waals surface area contributed by atoms with Crippen LogP contribution in [0.1, 0.15) is 39.5 Å². The molecule has 2 rings (SSSR count). The minimum atomic E-state index is -0.843. The highest BCUT2D eigenvalue weighted by atomic mass is 16.3. The molecule has 0 aromatic rings. The van der Waals surface area contributed by atoms with Gasteiger partial charge in [-0.2, -0.15) is 0 Å². The van der Waals surface area contributed by atoms with Crippen molar-refractivity contribution in [3.63, 3.8) is 0 Å². The van der Waals surface area contributed by atoms with Crippen LogP contribution < -0.4 is 0 Å². The summed E-state index contributed by atoms with van der Waals surface area (Å²) < 4.78 is 0. The average molecular weight is 250 g/mol. The summed E-state index contributed by atoms with van der Waals surface area (Å²) in [5, 5.41) is 20.0. The molecule has 0 unspecified atom stereocenters. The van der Waals surface area contributed by atoms with E-state index in [4.69, 9.17) is 0 Å². The lowest BCUT2D eigenvalue weighted by molar-refractivity contribution is -0.105. The fourth-order valence-electron chi connectivity index (χ4n) is 3.66. The summed E-state index contributed by atoms with van der Waals surface area (Å²) in [7, 11) is 0. The molecular formula is C15H22O3. The van der Waals surface area contributed by atoms with Gasteiger partial charge in [0.05, 0.1) is 6.10 Å². The molecule has 2 N–H and O–H groups in total. The van der Waals surface area contributed by atoms with Gasteiger partial charge in [-0.25, -0.2) is 0 Å². The number of hydrogen-bond donors (Lipinski definition) is 2. The van der Waals surface area contributed by atoms with E-state index >= 15 is 0 Å². The lowest BCUT2D eigenvalue weighted by Gasteiger charge is -2.56. The van der Waals surface area contributed by atoms with E-state index in [0.717, 1.165) is 36.7 Å². The van der Waals surface area contributed by atoms with Crippen LogP contribution in [-0.2, 0) is 4.79 Å². The Morgan fingerprint density at radius 1 is 1.44 bits per heavy atom. The maximum absolute atomic E-state index is 10.8. The molecule has 2 aliphatic carbocycles. The van der Waals surface area contributed by atoms with Crippen molar-refractivity contribution in [3.8, 4) is 0 Å². The van der Waals surface area contributed by atoms with Crippen LogP contribution in [0.5, 0.6) is 0 Å². The highest BCUT2D eigenvalue weighted by molar-refractivity contribution is 5.73. The Morgan fingerprint density at radius 3 is 2.61 bits per heavy atom. The number of aliphatic hydroxyl groups excluding tert-OH is 2. The molecule has 2 aliphatic rings. The SMILES string of the molecule is C=C1[C@H](O)[C@@H](O)CC(C)(C)[C@]12CC=C(C=O)CC2. The monoisotopic (exact) mass is 250 g/mol. The van der Waals surface area contributed by atoms with Crippen molar-refractivity contribution >= 4 is 6.29 Å². The van der Waals surface area contributed by atoms with Crippen LogP contribution in [-0.4, -0.2) is 28.7 Å². The largest absolute Gasteiger partial charge is 0.390 e. The molecule has 1 spiro atoms. The third-order valence-electron chi connectivity index (χ3n) is 5.06. The van der Waals surface area contributed by atoms with E-state index in [1.807, 2.05) is 6.08 Å². The molecule has 0 radical (unpaired) electrons. The molecule has 0 aromatic heterocycles. The standard InChI is InChI=1S/C15H22O3/c1-10-13(18)12(17)8-14(2,3)15(10)6-4-11(9-16)5-7-15/h4,9,12-13,17-18H,1,5-8H2,2-3H3/t12-,13-,15-/m0/s1. The Kier molecular flexibility index (Phi) is 3.24. The first-order chi connectivity index (χ1) is 8.34. The fourth-order valence-corrected chi connectivity index (χ4v) is 3.66. The predicted molar refractivity (Wildman–Crippen MR) is 70.0 cm³/mol. The van der Waals surface area contributed by atoms with Crippen molar-refractivity contribution < 1.29 is 15.0 Å². The molecule has 18 heavy (non-hydrogen) atoms. The van der Waals surface area contributed by atoms with Crippen LogP contribution in [0.3, 0.4) is 0 Å². The van der Waals surface area contributed by atoms with E-state index in [0.29, 0.717) is 6.42 Å². The quantitative estimate of drug-likeness (QED) is 0.553. The lowest BCUT2D eigenvalue weighted by atomic mass is 9.50. The maximum Gasteiger partial charge on any atom is 0.145 e. The zero-order valence-electron chi connectivity index (χ0n) is 11.1. The van der Waals surface area contributed by atoms with Gasteiger partial charge in [0.25, 0.3) is 0 Å². The number of hydrogen-bond acceptors (Lipinski definition) is 3. The summed E-state index contributed by atoms with van der Waals surface area (Å²) in [4.78, 5) is 10.8. The first-order valence-corrected chi connectivity index (χ1v) is 6.54. The number of allylic oxidation sites excluding steroid dienone is 2. The van der Waals surface area contributed by atoms with Crippen LogP contribution in [0.25, 0.3) is 0 Å². The molecule has 0 aromatic carbocycles. The van der Waals surface area contributed by atoms with E-state index in [1.165, 1.54) is 0 Å². The number of carbonyl (C=O) groups is 1. The van der Waals surface area contributed by atoms with Gasteiger partial charge in [0, 0.05) is 5.41 Å². The van der Waals surface area contributed by atoms with Crippen LogP contribution in [0.2, 0.25) is 0 Å². The van der Waals surface area contributed by atoms with Gasteiger partial charge in [0.2, 0.25) is 0 Å². The molecule has 3 heteroatoms. The van der Waals surface area contributed by atoms with Crippen LogP contribution >= 0.6 is 0 Å². The number of aldehydes is 1. The van der Waals surface area contributed by atoms with Crippen molar-refractivity contribution in [1.82, 2.24) is 0 Å². The second kappa shape index (κ2) is 4.32. The summed E-state index contributed by atoms with van der Waals surface area (Å²) in [6.07, 6.45) is 4.17. The molecule has 0 heterocycles. The van der Waals surface area contributed by atoms with E-state index in [2.05, 4.69) is 20.4 Å². The van der Waals surface area contributed by atoms with E-state index in [9.17, 15) is 15.0 Å². The number of rotatable bonds is 1. The number of carbonyl (C=O) groups excluding carboxylic acids is 1. The van der Waals surface area contributed by atoms with E-state index in [-0.39, 0.29) is 10.8 Å². The molecule has 1 fully saturated rings. The fraction of sp³-hybridized carbons (Fsp3) is 0.667. The van der Waals surface area contributed by atoms with Gasteiger partial charge in [-0.1, -0.05) is 26.5 Å². The first-order valence-electron chi connectivity index (χ1n) is 6.54. The minimum absolute atomic E-state index is 0.117. The van der Waals surface area contributed by atoms with E-state index in [1.54, 1.807) is 0 Å². The molecule has 0 amide bonds. The minimum Gasteiger partial charge on any atom is -0.390 e. The van der Waals surface area contributed by atoms with Gasteiger partial charge >= 0.3 is 0 Å². The van der Waals surface area contributed by atoms with Crippen molar-refractivity contribution in [2.75, 3.05) is 0 Å². The van der Waals surface area contributed by atoms with Gasteiger partial charge in [-0.05, 0) is 42.2 Å². The van der Waals surface area contributed by atoms with Gasteiger partial charge in [-0.15, -0.1) is 0 Å². The lowest BCUT2D eigenvalue weighted by Crippen LogP contribution is -2.53. The zero-order valence-corrected chi connectivity index (χ0v) is 11.1. The number of aliphatic hydroxyl groups is 2. The summed E-state index contributed by atoms with van der Waals surface area (Å²) >= 11 is 0. The Bertz CT molecular complexity index is 408. The first kappa shape index (κ1) is 13.5. The summed E-state index contributed by atoms with van der Waals surface area (Å²) in [6, 6.07) is 0. The molecule has 0 aliphatic heterocycles. The van der Waals surface area contributed by atoms with Crippen molar-refractivity contribution in [3.05, 3.63) is 23.8 Å². The Labute approximate surface area is 108 Å². The molecule has 3 atom stereocenters. The second-order valence-electron chi connectivity index (χ2n) is 6.31. The highest BCUT2D eigenvalue weighted by Gasteiger charge is 2.54. The predicted octanol–water partition coefficient (Wildman–Crippen LogP) is 1.99. The third-order valence-corrected chi connectivity index (χ3v) is 5.06. The Hall–Kier alpha value is -0.930. The molecule has 0 saturated heterocycles. The summed E-state index contributed by atoms with van der Waals surface area (Å²) in [6.45, 7) is 8.28. The van der Waals surface area contributed by atoms with Crippen LogP contribution in [0, 0.1) is 10.8 Å². The summed E-state index contributed by atoms with van der Waals surface area (Å²) in [5.41, 5.74) is 1.25. The van der Waals surface area contributed by atoms with Gasteiger partial charge in [0.15, 0.2) is 0 Å². The Morgan fingerprint density at radius 2 is 2.11 bits per heavy atom. The maximum atomic E-state index is 10.8. The van der Waals surface area contributed by atoms with Crippen LogP contribution in [0.15, 0.2) is 23.8 Å². The molecule has 1 saturated carbocycles. The van der Waals surface area contributed by atoms with Gasteiger partial charge < -0.3 is 10.2 Å². The zero-order chi connectivity index (χ0) is 13.6. The van der Waals surface area contributed by atoms with Crippen molar-refractivity contribution in [2.24, 2.45) is 10.8 Å². The molecular weight excluding hydrogens is 228 g/mol. The van der Waals surface area contributed by atoms with E-state index < -0.39 is 12.2 Å². The third kappa shape index (κ3) is 1.77. The highest BCUT2D eigenvalue weighted by Crippen LogP contribution is 2.59. The summed E-state index contributed by atoms with van der Waals surface area (Å²) in [5.74, 6) is 0. The Balaban J connectivity index is 2.38. The van der Waals surface area contributed by atoms with Gasteiger partial charge in [0.1, 0.15) is 12.4 Å². The topological polar surface area (TPSA) is 57.5 Å².